The molecule has 1 amide bonds. The molecule has 1 aromatic rings. The molecular weight excluding hydrogens is 525 g/mol. The van der Waals surface area contributed by atoms with Crippen LogP contribution in [0.5, 0.6) is 5.75 Å². The topological polar surface area (TPSA) is 67.4 Å². The highest BCUT2D eigenvalue weighted by Gasteiger charge is 2.60. The molecule has 4 unspecified atom stereocenters. The second kappa shape index (κ2) is 8.53. The van der Waals surface area contributed by atoms with E-state index in [4.69, 9.17) is 0 Å². The summed E-state index contributed by atoms with van der Waals surface area (Å²) in [6.45, 7) is 5.24. The number of nitrogens with one attached hydrogen (secondary N) is 2. The number of anilines is 1. The normalized spacial score (nSPS) is 36.3. The molecule has 35 heavy (non-hydrogen) atoms. The first-order valence-corrected chi connectivity index (χ1v) is 13.0. The van der Waals surface area contributed by atoms with Gasteiger partial charge in [-0.3, -0.25) is 9.59 Å². The summed E-state index contributed by atoms with van der Waals surface area (Å²) >= 11 is 3.17. The van der Waals surface area contributed by atoms with E-state index < -0.39 is 12.1 Å². The second-order valence-electron chi connectivity index (χ2n) is 11.1. The molecule has 4 aliphatic rings. The Morgan fingerprint density at radius 1 is 1.17 bits per heavy atom. The second-order valence-corrected chi connectivity index (χ2v) is 12.0. The van der Waals surface area contributed by atoms with Gasteiger partial charge in [0.25, 0.3) is 0 Å². The molecule has 0 spiro atoms. The van der Waals surface area contributed by atoms with Crippen molar-refractivity contribution in [2.45, 2.75) is 58.7 Å². The van der Waals surface area contributed by atoms with Gasteiger partial charge in [-0.05, 0) is 73.5 Å². The van der Waals surface area contributed by atoms with Gasteiger partial charge in [0.15, 0.2) is 11.5 Å². The number of amides is 1. The molecule has 0 aromatic heterocycles. The number of carbonyl (C=O) groups is 2. The van der Waals surface area contributed by atoms with Gasteiger partial charge in [-0.1, -0.05) is 29.8 Å². The van der Waals surface area contributed by atoms with Crippen LogP contribution in [0.25, 0.3) is 0 Å². The van der Waals surface area contributed by atoms with E-state index in [1.54, 1.807) is 12.1 Å². The van der Waals surface area contributed by atoms with Crippen molar-refractivity contribution < 1.29 is 27.5 Å². The van der Waals surface area contributed by atoms with Gasteiger partial charge in [-0.2, -0.15) is 0 Å². The van der Waals surface area contributed by atoms with Crippen LogP contribution >= 0.6 is 15.9 Å². The number of rotatable bonds is 3. The van der Waals surface area contributed by atoms with Crippen molar-refractivity contribution in [1.82, 2.24) is 5.32 Å². The summed E-state index contributed by atoms with van der Waals surface area (Å²) in [5.41, 5.74) is 0.818. The number of hydrogen-bond donors (Lipinski definition) is 2. The Morgan fingerprint density at radius 3 is 2.69 bits per heavy atom. The molecule has 3 aliphatic carbocycles. The van der Waals surface area contributed by atoms with E-state index in [0.717, 1.165) is 37.9 Å². The Morgan fingerprint density at radius 2 is 1.94 bits per heavy atom. The van der Waals surface area contributed by atoms with Crippen LogP contribution in [-0.2, 0) is 9.59 Å². The number of halogens is 4. The smallest absolute Gasteiger partial charge is 0.404 e. The maximum atomic E-state index is 13.4. The molecule has 0 radical (unpaired) electrons. The monoisotopic (exact) mass is 554 g/mol. The SMILES string of the molecule is C[C@]12CCC3C(CNC4=CC(=O)CC[C@@]43C)C1CCC2C(=O)Nc1ccc(Br)cc1OC(F)(F)F. The van der Waals surface area contributed by atoms with Crippen LogP contribution in [-0.4, -0.2) is 24.6 Å². The minimum atomic E-state index is -4.86. The zero-order valence-electron chi connectivity index (χ0n) is 19.8. The van der Waals surface area contributed by atoms with Crippen LogP contribution in [0.3, 0.4) is 0 Å². The Bertz CT molecular complexity index is 1090. The largest absolute Gasteiger partial charge is 0.573 e. The van der Waals surface area contributed by atoms with E-state index in [1.807, 2.05) is 0 Å². The number of hydrogen-bond acceptors (Lipinski definition) is 4. The van der Waals surface area contributed by atoms with E-state index in [0.29, 0.717) is 35.1 Å². The first-order valence-electron chi connectivity index (χ1n) is 12.3. The number of allylic oxidation sites excluding steroid dienone is 2. The van der Waals surface area contributed by atoms with Crippen molar-refractivity contribution in [3.05, 3.63) is 34.4 Å². The van der Waals surface area contributed by atoms with Crippen molar-refractivity contribution in [2.24, 2.45) is 34.5 Å². The summed E-state index contributed by atoms with van der Waals surface area (Å²) < 4.78 is 43.4. The predicted molar refractivity (Wildman–Crippen MR) is 128 cm³/mol. The minimum absolute atomic E-state index is 0.0183. The zero-order valence-corrected chi connectivity index (χ0v) is 21.4. The lowest BCUT2D eigenvalue weighted by molar-refractivity contribution is -0.274. The fourth-order valence-electron chi connectivity index (χ4n) is 7.60. The lowest BCUT2D eigenvalue weighted by Crippen LogP contribution is -2.57. The maximum Gasteiger partial charge on any atom is 0.573 e. The summed E-state index contributed by atoms with van der Waals surface area (Å²) in [5.74, 6) is 0.425. The van der Waals surface area contributed by atoms with Gasteiger partial charge in [0.05, 0.1) is 5.69 Å². The number of benzene rings is 1. The minimum Gasteiger partial charge on any atom is -0.404 e. The average Bonchev–Trinajstić information content (AvgIpc) is 3.12. The fourth-order valence-corrected chi connectivity index (χ4v) is 7.94. The highest BCUT2D eigenvalue weighted by molar-refractivity contribution is 9.10. The first kappa shape index (κ1) is 24.7. The van der Waals surface area contributed by atoms with Crippen molar-refractivity contribution >= 4 is 33.3 Å². The molecule has 5 nitrogen and oxygen atoms in total. The van der Waals surface area contributed by atoms with Crippen molar-refractivity contribution in [3.8, 4) is 5.75 Å². The van der Waals surface area contributed by atoms with E-state index in [2.05, 4.69) is 45.1 Å². The quantitative estimate of drug-likeness (QED) is 0.466. The zero-order chi connectivity index (χ0) is 25.2. The highest BCUT2D eigenvalue weighted by atomic mass is 79.9. The molecule has 9 heteroatoms. The third-order valence-corrected chi connectivity index (χ3v) is 9.83. The Kier molecular flexibility index (Phi) is 6.01. The Balaban J connectivity index is 1.36. The Labute approximate surface area is 211 Å². The first-order chi connectivity index (χ1) is 16.4. The molecule has 6 atom stereocenters. The molecule has 1 aliphatic heterocycles. The standard InChI is InChI=1S/C26H30BrF3N2O3/c1-24-10-8-18-16(13-31-22-12-15(33)7-9-25(18,22)2)17(24)4-5-19(24)23(34)32-20-6-3-14(27)11-21(20)35-26(28,29)30/h3,6,11-12,16-19,31H,4-5,7-10,13H2,1-2H3,(H,32,34)/t16?,17?,18?,19?,24-,25+/m0/s1. The number of fused-ring (bicyclic) bond motifs is 5. The molecule has 2 saturated carbocycles. The van der Waals surface area contributed by atoms with Gasteiger partial charge in [-0.25, -0.2) is 0 Å². The predicted octanol–water partition coefficient (Wildman–Crippen LogP) is 6.20. The molecule has 0 bridgehead atoms. The number of carbonyl (C=O) groups excluding carboxylic acids is 2. The van der Waals surface area contributed by atoms with Crippen LogP contribution in [0.2, 0.25) is 0 Å². The van der Waals surface area contributed by atoms with Crippen LogP contribution < -0.4 is 15.4 Å². The number of piperidine rings is 1. The van der Waals surface area contributed by atoms with Crippen molar-refractivity contribution in [2.75, 3.05) is 11.9 Å². The molecule has 190 valence electrons. The van der Waals surface area contributed by atoms with E-state index in [9.17, 15) is 22.8 Å². The molecule has 5 rings (SSSR count). The van der Waals surface area contributed by atoms with E-state index in [1.165, 1.54) is 12.1 Å². The molecule has 1 saturated heterocycles. The number of ketones is 1. The lowest BCUT2D eigenvalue weighted by atomic mass is 9.50. The van der Waals surface area contributed by atoms with Crippen molar-refractivity contribution in [1.29, 1.82) is 0 Å². The summed E-state index contributed by atoms with van der Waals surface area (Å²) in [6, 6.07) is 4.22. The summed E-state index contributed by atoms with van der Waals surface area (Å²) in [7, 11) is 0. The number of alkyl halides is 3. The van der Waals surface area contributed by atoms with Gasteiger partial charge in [0.2, 0.25) is 5.91 Å². The van der Waals surface area contributed by atoms with Gasteiger partial charge < -0.3 is 15.4 Å². The van der Waals surface area contributed by atoms with Gasteiger partial charge >= 0.3 is 6.36 Å². The average molecular weight is 555 g/mol. The molecule has 3 fully saturated rings. The Hall–Kier alpha value is -2.03. The third kappa shape index (κ3) is 4.27. The maximum absolute atomic E-state index is 13.4. The molecule has 2 N–H and O–H groups in total. The van der Waals surface area contributed by atoms with Gasteiger partial charge in [0, 0.05) is 40.5 Å². The van der Waals surface area contributed by atoms with Crippen LogP contribution in [0.15, 0.2) is 34.4 Å². The van der Waals surface area contributed by atoms with Crippen LogP contribution in [0.4, 0.5) is 18.9 Å². The highest BCUT2D eigenvalue weighted by Crippen LogP contribution is 2.64. The third-order valence-electron chi connectivity index (χ3n) is 9.34. The van der Waals surface area contributed by atoms with Gasteiger partial charge in [-0.15, -0.1) is 13.2 Å². The molecule has 1 heterocycles. The van der Waals surface area contributed by atoms with Crippen LogP contribution in [0.1, 0.15) is 52.4 Å². The summed E-state index contributed by atoms with van der Waals surface area (Å²) in [6.07, 6.45) is 1.85. The van der Waals surface area contributed by atoms with Crippen molar-refractivity contribution in [3.63, 3.8) is 0 Å². The summed E-state index contributed by atoms with van der Waals surface area (Å²) in [4.78, 5) is 25.4. The van der Waals surface area contributed by atoms with Crippen LogP contribution in [0, 0.1) is 34.5 Å². The molecule has 1 aromatic carbocycles. The van der Waals surface area contributed by atoms with Gasteiger partial charge in [0.1, 0.15) is 0 Å². The summed E-state index contributed by atoms with van der Waals surface area (Å²) in [5, 5.41) is 6.29. The van der Waals surface area contributed by atoms with E-state index >= 15 is 0 Å². The number of ether oxygens (including phenoxy) is 1. The molecular formula is C26H30BrF3N2O3. The van der Waals surface area contributed by atoms with E-state index in [-0.39, 0.29) is 34.1 Å². The fraction of sp³-hybridized carbons (Fsp3) is 0.615. The lowest BCUT2D eigenvalue weighted by Gasteiger charge is -2.58.